The first-order chi connectivity index (χ1) is 8.65. The maximum absolute atomic E-state index is 5.75. The van der Waals surface area contributed by atoms with Crippen molar-refractivity contribution in [2.75, 3.05) is 17.6 Å². The van der Waals surface area contributed by atoms with Crippen molar-refractivity contribution in [2.24, 2.45) is 0 Å². The van der Waals surface area contributed by atoms with Crippen LogP contribution in [-0.2, 0) is 6.42 Å². The lowest BCUT2D eigenvalue weighted by Gasteiger charge is -2.08. The number of nitrogens with two attached hydrogens (primary N) is 1. The maximum Gasteiger partial charge on any atom is 0.224 e. The van der Waals surface area contributed by atoms with E-state index < -0.39 is 0 Å². The molecule has 0 aliphatic carbocycles. The molecule has 2 aromatic rings. The standard InChI is InChI=1S/C13H15ClN4/c1-9-3-2-4-10(7-9)5-6-16-12-11(15)8-17-13(14)18-12/h2-4,7-8H,5-6,15H2,1H3,(H,16,17,18). The molecule has 0 bridgehead atoms. The fourth-order valence-electron chi connectivity index (χ4n) is 1.70. The van der Waals surface area contributed by atoms with Crippen molar-refractivity contribution in [3.05, 3.63) is 46.9 Å². The quantitative estimate of drug-likeness (QED) is 0.832. The lowest BCUT2D eigenvalue weighted by atomic mass is 10.1. The molecule has 5 heteroatoms. The Morgan fingerprint density at radius 3 is 3.00 bits per heavy atom. The van der Waals surface area contributed by atoms with Gasteiger partial charge in [-0.15, -0.1) is 0 Å². The van der Waals surface area contributed by atoms with Crippen molar-refractivity contribution in [2.45, 2.75) is 13.3 Å². The first kappa shape index (κ1) is 12.6. The number of nitrogen functional groups attached to an aromatic ring is 1. The van der Waals surface area contributed by atoms with Gasteiger partial charge in [0.1, 0.15) is 0 Å². The fourth-order valence-corrected chi connectivity index (χ4v) is 1.84. The first-order valence-corrected chi connectivity index (χ1v) is 6.10. The van der Waals surface area contributed by atoms with Crippen molar-refractivity contribution >= 4 is 23.1 Å². The highest BCUT2D eigenvalue weighted by molar-refractivity contribution is 6.28. The van der Waals surface area contributed by atoms with E-state index in [-0.39, 0.29) is 5.28 Å². The fraction of sp³-hybridized carbons (Fsp3) is 0.231. The van der Waals surface area contributed by atoms with Gasteiger partial charge in [-0.1, -0.05) is 29.8 Å². The van der Waals surface area contributed by atoms with Crippen molar-refractivity contribution < 1.29 is 0 Å². The molecule has 1 heterocycles. The first-order valence-electron chi connectivity index (χ1n) is 5.72. The number of nitrogens with one attached hydrogen (secondary N) is 1. The van der Waals surface area contributed by atoms with Crippen molar-refractivity contribution in [1.29, 1.82) is 0 Å². The van der Waals surface area contributed by atoms with Gasteiger partial charge in [-0.2, -0.15) is 4.98 Å². The topological polar surface area (TPSA) is 63.8 Å². The summed E-state index contributed by atoms with van der Waals surface area (Å²) in [6.45, 7) is 2.83. The lowest BCUT2D eigenvalue weighted by molar-refractivity contribution is 0.998. The van der Waals surface area contributed by atoms with E-state index in [4.69, 9.17) is 17.3 Å². The number of halogens is 1. The number of benzene rings is 1. The summed E-state index contributed by atoms with van der Waals surface area (Å²) >= 11 is 5.72. The van der Waals surface area contributed by atoms with Crippen LogP contribution in [0.1, 0.15) is 11.1 Å². The van der Waals surface area contributed by atoms with Gasteiger partial charge in [-0.3, -0.25) is 0 Å². The molecule has 0 amide bonds. The normalized spacial score (nSPS) is 10.3. The van der Waals surface area contributed by atoms with E-state index in [1.807, 2.05) is 0 Å². The van der Waals surface area contributed by atoms with Crippen LogP contribution in [0.2, 0.25) is 5.28 Å². The molecule has 1 aromatic heterocycles. The molecule has 0 aliphatic heterocycles. The average molecular weight is 263 g/mol. The summed E-state index contributed by atoms with van der Waals surface area (Å²) in [7, 11) is 0. The number of nitrogens with zero attached hydrogens (tertiary/aromatic N) is 2. The Labute approximate surface area is 111 Å². The van der Waals surface area contributed by atoms with Crippen LogP contribution in [0, 0.1) is 6.92 Å². The van der Waals surface area contributed by atoms with Crippen LogP contribution in [0.5, 0.6) is 0 Å². The second kappa shape index (κ2) is 5.69. The number of anilines is 2. The number of rotatable bonds is 4. The van der Waals surface area contributed by atoms with Crippen molar-refractivity contribution in [3.8, 4) is 0 Å². The average Bonchev–Trinajstić information content (AvgIpc) is 2.34. The Balaban J connectivity index is 1.94. The van der Waals surface area contributed by atoms with Crippen molar-refractivity contribution in [3.63, 3.8) is 0 Å². The predicted octanol–water partition coefficient (Wildman–Crippen LogP) is 2.68. The molecule has 0 unspecified atom stereocenters. The minimum Gasteiger partial charge on any atom is -0.394 e. The zero-order valence-corrected chi connectivity index (χ0v) is 10.9. The zero-order chi connectivity index (χ0) is 13.0. The van der Waals surface area contributed by atoms with E-state index in [1.54, 1.807) is 0 Å². The highest BCUT2D eigenvalue weighted by Gasteiger charge is 2.02. The van der Waals surface area contributed by atoms with Gasteiger partial charge in [-0.05, 0) is 30.5 Å². The minimum atomic E-state index is 0.197. The SMILES string of the molecule is Cc1cccc(CCNc2nc(Cl)ncc2N)c1. The Hall–Kier alpha value is -1.81. The zero-order valence-electron chi connectivity index (χ0n) is 10.2. The largest absolute Gasteiger partial charge is 0.394 e. The summed E-state index contributed by atoms with van der Waals surface area (Å²) in [6.07, 6.45) is 2.41. The molecule has 94 valence electrons. The molecule has 0 atom stereocenters. The van der Waals surface area contributed by atoms with Gasteiger partial charge in [0.05, 0.1) is 11.9 Å². The van der Waals surface area contributed by atoms with Crippen LogP contribution >= 0.6 is 11.6 Å². The number of hydrogen-bond donors (Lipinski definition) is 2. The summed E-state index contributed by atoms with van der Waals surface area (Å²) < 4.78 is 0. The smallest absolute Gasteiger partial charge is 0.224 e. The maximum atomic E-state index is 5.75. The molecule has 4 nitrogen and oxygen atoms in total. The molecule has 0 spiro atoms. The van der Waals surface area contributed by atoms with E-state index in [9.17, 15) is 0 Å². The van der Waals surface area contributed by atoms with Gasteiger partial charge in [0.25, 0.3) is 0 Å². The van der Waals surface area contributed by atoms with Crippen molar-refractivity contribution in [1.82, 2.24) is 9.97 Å². The molecule has 0 fully saturated rings. The highest BCUT2D eigenvalue weighted by atomic mass is 35.5. The Bertz CT molecular complexity index is 542. The molecule has 3 N–H and O–H groups in total. The highest BCUT2D eigenvalue weighted by Crippen LogP contribution is 2.15. The summed E-state index contributed by atoms with van der Waals surface area (Å²) in [4.78, 5) is 7.85. The van der Waals surface area contributed by atoms with E-state index in [0.717, 1.165) is 13.0 Å². The van der Waals surface area contributed by atoms with Gasteiger partial charge in [0.2, 0.25) is 5.28 Å². The summed E-state index contributed by atoms with van der Waals surface area (Å²) in [5.41, 5.74) is 8.79. The van der Waals surface area contributed by atoms with Crippen LogP contribution in [0.15, 0.2) is 30.5 Å². The third-order valence-electron chi connectivity index (χ3n) is 2.58. The second-order valence-corrected chi connectivity index (χ2v) is 4.45. The third kappa shape index (κ3) is 3.34. The van der Waals surface area contributed by atoms with Crippen LogP contribution in [-0.4, -0.2) is 16.5 Å². The summed E-state index contributed by atoms with van der Waals surface area (Å²) in [5, 5.41) is 3.36. The molecule has 0 radical (unpaired) electrons. The van der Waals surface area contributed by atoms with Gasteiger partial charge in [0.15, 0.2) is 5.82 Å². The van der Waals surface area contributed by atoms with Gasteiger partial charge < -0.3 is 11.1 Å². The lowest BCUT2D eigenvalue weighted by Crippen LogP contribution is -2.09. The second-order valence-electron chi connectivity index (χ2n) is 4.11. The molecule has 2 rings (SSSR count). The molecular formula is C13H15ClN4. The van der Waals surface area contributed by atoms with Gasteiger partial charge in [0, 0.05) is 6.54 Å². The third-order valence-corrected chi connectivity index (χ3v) is 2.76. The summed E-state index contributed by atoms with van der Waals surface area (Å²) in [6, 6.07) is 8.41. The number of aryl methyl sites for hydroxylation is 1. The Morgan fingerprint density at radius 1 is 1.39 bits per heavy atom. The molecular weight excluding hydrogens is 248 g/mol. The molecule has 0 aliphatic rings. The van der Waals surface area contributed by atoms with E-state index in [1.165, 1.54) is 17.3 Å². The number of aromatic nitrogens is 2. The Kier molecular flexibility index (Phi) is 3.99. The molecule has 0 saturated carbocycles. The van der Waals surface area contributed by atoms with E-state index in [0.29, 0.717) is 11.5 Å². The number of hydrogen-bond acceptors (Lipinski definition) is 4. The monoisotopic (exact) mass is 262 g/mol. The summed E-state index contributed by atoms with van der Waals surface area (Å²) in [5.74, 6) is 0.586. The molecule has 0 saturated heterocycles. The molecule has 18 heavy (non-hydrogen) atoms. The van der Waals surface area contributed by atoms with Gasteiger partial charge >= 0.3 is 0 Å². The van der Waals surface area contributed by atoms with E-state index in [2.05, 4.69) is 46.5 Å². The van der Waals surface area contributed by atoms with Crippen LogP contribution in [0.4, 0.5) is 11.5 Å². The van der Waals surface area contributed by atoms with Crippen LogP contribution < -0.4 is 11.1 Å². The molecule has 1 aromatic carbocycles. The minimum absolute atomic E-state index is 0.197. The predicted molar refractivity (Wildman–Crippen MR) is 74.8 cm³/mol. The van der Waals surface area contributed by atoms with Gasteiger partial charge in [-0.25, -0.2) is 4.98 Å². The Morgan fingerprint density at radius 2 is 2.22 bits per heavy atom. The van der Waals surface area contributed by atoms with Crippen LogP contribution in [0.25, 0.3) is 0 Å². The van der Waals surface area contributed by atoms with E-state index >= 15 is 0 Å². The van der Waals surface area contributed by atoms with Crippen LogP contribution in [0.3, 0.4) is 0 Å².